The third kappa shape index (κ3) is 3.56. The molecule has 0 amide bonds. The van der Waals surface area contributed by atoms with E-state index in [1.54, 1.807) is 26.1 Å². The van der Waals surface area contributed by atoms with Crippen LogP contribution in [-0.2, 0) is 21.8 Å². The molecule has 0 unspecified atom stereocenters. The Morgan fingerprint density at radius 3 is 2.65 bits per heavy atom. The molecule has 0 aliphatic carbocycles. The first-order chi connectivity index (χ1) is 10.8. The molecule has 0 atom stereocenters. The largest absolute Gasteiger partial charge is 0.461 e. The number of carbonyl (C=O) groups excluding carboxylic acids is 1. The molecule has 2 rings (SSSR count). The van der Waals surface area contributed by atoms with E-state index < -0.39 is 16.0 Å². The Hall–Kier alpha value is -2.28. The Kier molecular flexibility index (Phi) is 4.79. The quantitative estimate of drug-likeness (QED) is 0.852. The number of rotatable bonds is 5. The molecule has 1 aromatic carbocycles. The number of nitrogens with zero attached hydrogens (tertiary/aromatic N) is 1. The Balaban J connectivity index is 2.35. The zero-order chi connectivity index (χ0) is 17.2. The van der Waals surface area contributed by atoms with Crippen LogP contribution in [0.15, 0.2) is 35.4 Å². The Morgan fingerprint density at radius 1 is 1.30 bits per heavy atom. The molecule has 23 heavy (non-hydrogen) atoms. The van der Waals surface area contributed by atoms with Crippen molar-refractivity contribution >= 4 is 21.7 Å². The molecule has 0 saturated carbocycles. The molecule has 0 aliphatic heterocycles. The third-order valence-electron chi connectivity index (χ3n) is 3.62. The number of hydrogen-bond acceptors (Lipinski definition) is 4. The average Bonchev–Trinajstić information content (AvgIpc) is 2.87. The second-order valence-electron chi connectivity index (χ2n) is 5.25. The summed E-state index contributed by atoms with van der Waals surface area (Å²) < 4.78 is 34.0. The fourth-order valence-corrected chi connectivity index (χ4v) is 3.35. The zero-order valence-electron chi connectivity index (χ0n) is 13.6. The molecule has 6 nitrogen and oxygen atoms in total. The molecular weight excluding hydrogens is 316 g/mol. The number of carbonyl (C=O) groups is 1. The van der Waals surface area contributed by atoms with Crippen LogP contribution >= 0.6 is 0 Å². The molecule has 0 aliphatic rings. The summed E-state index contributed by atoms with van der Waals surface area (Å²) in [5.74, 6) is -0.553. The fraction of sp³-hybridized carbons (Fsp3) is 0.312. The number of aryl methyl sites for hydroxylation is 2. The predicted octanol–water partition coefficient (Wildman–Crippen LogP) is 2.62. The Labute approximate surface area is 136 Å². The van der Waals surface area contributed by atoms with E-state index in [-0.39, 0.29) is 17.2 Å². The lowest BCUT2D eigenvalue weighted by molar-refractivity contribution is 0.0515. The van der Waals surface area contributed by atoms with Gasteiger partial charge in [0, 0.05) is 13.2 Å². The zero-order valence-corrected chi connectivity index (χ0v) is 14.4. The summed E-state index contributed by atoms with van der Waals surface area (Å²) in [5.41, 5.74) is 2.56. The highest BCUT2D eigenvalue weighted by Crippen LogP contribution is 2.23. The van der Waals surface area contributed by atoms with E-state index in [1.807, 2.05) is 19.9 Å². The smallest absolute Gasteiger partial charge is 0.354 e. The summed E-state index contributed by atoms with van der Waals surface area (Å²) in [4.78, 5) is 11.8. The molecule has 0 fully saturated rings. The summed E-state index contributed by atoms with van der Waals surface area (Å²) in [6.45, 7) is 5.68. The van der Waals surface area contributed by atoms with Gasteiger partial charge in [-0.25, -0.2) is 13.2 Å². The number of aromatic nitrogens is 1. The van der Waals surface area contributed by atoms with Gasteiger partial charge in [0.25, 0.3) is 10.0 Å². The van der Waals surface area contributed by atoms with Crippen LogP contribution in [0.1, 0.15) is 28.5 Å². The van der Waals surface area contributed by atoms with E-state index in [4.69, 9.17) is 4.74 Å². The number of benzene rings is 1. The van der Waals surface area contributed by atoms with E-state index in [0.717, 1.165) is 11.1 Å². The van der Waals surface area contributed by atoms with Gasteiger partial charge in [0.2, 0.25) is 0 Å². The standard InChI is InChI=1S/C16H20N2O4S/c1-5-22-16(19)15-9-13(10-18(15)4)23(20,21)17-14-8-6-7-11(2)12(14)3/h6-10,17H,5H2,1-4H3. The number of esters is 1. The van der Waals surface area contributed by atoms with Gasteiger partial charge in [-0.05, 0) is 44.0 Å². The summed E-state index contributed by atoms with van der Waals surface area (Å²) in [6.07, 6.45) is 1.39. The highest BCUT2D eigenvalue weighted by Gasteiger charge is 2.22. The van der Waals surface area contributed by atoms with Gasteiger partial charge in [-0.2, -0.15) is 0 Å². The van der Waals surface area contributed by atoms with Crippen LogP contribution in [0.2, 0.25) is 0 Å². The van der Waals surface area contributed by atoms with Gasteiger partial charge >= 0.3 is 5.97 Å². The van der Waals surface area contributed by atoms with Crippen molar-refractivity contribution in [1.82, 2.24) is 4.57 Å². The molecule has 0 bridgehead atoms. The van der Waals surface area contributed by atoms with Crippen LogP contribution in [-0.4, -0.2) is 25.6 Å². The molecule has 1 aromatic heterocycles. The SMILES string of the molecule is CCOC(=O)c1cc(S(=O)(=O)Nc2cccc(C)c2C)cn1C. The lowest BCUT2D eigenvalue weighted by atomic mass is 10.1. The predicted molar refractivity (Wildman–Crippen MR) is 88.1 cm³/mol. The lowest BCUT2D eigenvalue weighted by Crippen LogP contribution is -2.13. The van der Waals surface area contributed by atoms with Crippen LogP contribution in [0, 0.1) is 13.8 Å². The summed E-state index contributed by atoms with van der Waals surface area (Å²) in [5, 5.41) is 0. The van der Waals surface area contributed by atoms with Crippen LogP contribution in [0.4, 0.5) is 5.69 Å². The summed E-state index contributed by atoms with van der Waals surface area (Å²) in [6, 6.07) is 6.71. The van der Waals surface area contributed by atoms with Gasteiger partial charge in [-0.15, -0.1) is 0 Å². The fourth-order valence-electron chi connectivity index (χ4n) is 2.15. The molecule has 1 N–H and O–H groups in total. The highest BCUT2D eigenvalue weighted by molar-refractivity contribution is 7.92. The number of hydrogen-bond donors (Lipinski definition) is 1. The number of nitrogens with one attached hydrogen (secondary N) is 1. The average molecular weight is 336 g/mol. The van der Waals surface area contributed by atoms with Gasteiger partial charge in [0.05, 0.1) is 12.3 Å². The van der Waals surface area contributed by atoms with E-state index >= 15 is 0 Å². The maximum absolute atomic E-state index is 12.5. The second kappa shape index (κ2) is 6.45. The van der Waals surface area contributed by atoms with E-state index in [2.05, 4.69) is 4.72 Å². The molecular formula is C16H20N2O4S. The van der Waals surface area contributed by atoms with Gasteiger partial charge < -0.3 is 9.30 Å². The summed E-state index contributed by atoms with van der Waals surface area (Å²) >= 11 is 0. The van der Waals surface area contributed by atoms with Crippen molar-refractivity contribution in [3.05, 3.63) is 47.3 Å². The van der Waals surface area contributed by atoms with Gasteiger partial charge in [-0.3, -0.25) is 4.72 Å². The molecule has 7 heteroatoms. The first-order valence-corrected chi connectivity index (χ1v) is 8.67. The highest BCUT2D eigenvalue weighted by atomic mass is 32.2. The molecule has 0 radical (unpaired) electrons. The lowest BCUT2D eigenvalue weighted by Gasteiger charge is -2.11. The number of ether oxygens (including phenoxy) is 1. The molecule has 0 saturated heterocycles. The van der Waals surface area contributed by atoms with Crippen molar-refractivity contribution in [3.8, 4) is 0 Å². The topological polar surface area (TPSA) is 77.4 Å². The minimum atomic E-state index is -3.78. The van der Waals surface area contributed by atoms with E-state index in [1.165, 1.54) is 16.8 Å². The van der Waals surface area contributed by atoms with Crippen molar-refractivity contribution in [2.75, 3.05) is 11.3 Å². The van der Waals surface area contributed by atoms with Crippen LogP contribution in [0.3, 0.4) is 0 Å². The number of sulfonamides is 1. The molecule has 2 aromatic rings. The van der Waals surface area contributed by atoms with Gasteiger partial charge in [-0.1, -0.05) is 12.1 Å². The van der Waals surface area contributed by atoms with Crippen molar-refractivity contribution in [2.24, 2.45) is 7.05 Å². The van der Waals surface area contributed by atoms with Crippen molar-refractivity contribution in [2.45, 2.75) is 25.7 Å². The summed E-state index contributed by atoms with van der Waals surface area (Å²) in [7, 11) is -2.18. The van der Waals surface area contributed by atoms with Gasteiger partial charge in [0.1, 0.15) is 10.6 Å². The minimum Gasteiger partial charge on any atom is -0.461 e. The van der Waals surface area contributed by atoms with Crippen LogP contribution in [0.25, 0.3) is 0 Å². The normalized spacial score (nSPS) is 11.3. The van der Waals surface area contributed by atoms with Crippen molar-refractivity contribution < 1.29 is 17.9 Å². The van der Waals surface area contributed by atoms with Crippen molar-refractivity contribution in [3.63, 3.8) is 0 Å². The first-order valence-electron chi connectivity index (χ1n) is 7.18. The Bertz CT molecular complexity index is 838. The maximum Gasteiger partial charge on any atom is 0.354 e. The third-order valence-corrected chi connectivity index (χ3v) is 4.96. The maximum atomic E-state index is 12.5. The molecule has 124 valence electrons. The Morgan fingerprint density at radius 2 is 2.00 bits per heavy atom. The van der Waals surface area contributed by atoms with E-state index in [9.17, 15) is 13.2 Å². The second-order valence-corrected chi connectivity index (χ2v) is 6.93. The molecule has 0 spiro atoms. The van der Waals surface area contributed by atoms with Gasteiger partial charge in [0.15, 0.2) is 0 Å². The number of anilines is 1. The molecule has 1 heterocycles. The van der Waals surface area contributed by atoms with Crippen molar-refractivity contribution in [1.29, 1.82) is 0 Å². The monoisotopic (exact) mass is 336 g/mol. The minimum absolute atomic E-state index is 0.0176. The van der Waals surface area contributed by atoms with E-state index in [0.29, 0.717) is 5.69 Å². The first kappa shape index (κ1) is 17.1. The van der Waals surface area contributed by atoms with Crippen LogP contribution in [0.5, 0.6) is 0 Å². The van der Waals surface area contributed by atoms with Crippen LogP contribution < -0.4 is 4.72 Å².